The first-order chi connectivity index (χ1) is 20.0. The Bertz CT molecular complexity index is 1350. The largest absolute Gasteiger partial charge is 0.508 e. The van der Waals surface area contributed by atoms with E-state index in [0.717, 1.165) is 0 Å². The van der Waals surface area contributed by atoms with Crippen LogP contribution in [-0.2, 0) is 38.4 Å². The van der Waals surface area contributed by atoms with Crippen molar-refractivity contribution in [3.8, 4) is 11.5 Å². The Labute approximate surface area is 242 Å². The van der Waals surface area contributed by atoms with E-state index in [2.05, 4.69) is 16.0 Å². The summed E-state index contributed by atoms with van der Waals surface area (Å²) in [5.41, 5.74) is 7.98. The van der Waals surface area contributed by atoms with E-state index >= 15 is 0 Å². The highest BCUT2D eigenvalue weighted by Crippen LogP contribution is 2.13. The number of nitrogens with two attached hydrogens (primary N) is 1. The minimum Gasteiger partial charge on any atom is -0.508 e. The van der Waals surface area contributed by atoms with E-state index in [4.69, 9.17) is 5.73 Å². The highest BCUT2D eigenvalue weighted by Gasteiger charge is 2.30. The van der Waals surface area contributed by atoms with E-state index in [0.29, 0.717) is 16.7 Å². The number of carboxylic acids is 1. The molecule has 222 valence electrons. The van der Waals surface area contributed by atoms with Crippen LogP contribution in [-0.4, -0.2) is 74.9 Å². The second-order valence-electron chi connectivity index (χ2n) is 9.74. The van der Waals surface area contributed by atoms with Gasteiger partial charge in [-0.2, -0.15) is 0 Å². The number of benzene rings is 3. The number of carbonyl (C=O) groups is 4. The Morgan fingerprint density at radius 3 is 1.55 bits per heavy atom. The molecule has 0 saturated heterocycles. The summed E-state index contributed by atoms with van der Waals surface area (Å²) < 4.78 is 0. The summed E-state index contributed by atoms with van der Waals surface area (Å²) in [5, 5.41) is 45.8. The summed E-state index contributed by atoms with van der Waals surface area (Å²) in [5.74, 6) is -3.65. The number of carboxylic acid groups (broad SMARTS) is 1. The van der Waals surface area contributed by atoms with E-state index in [1.807, 2.05) is 0 Å². The lowest BCUT2D eigenvalue weighted by molar-refractivity contribution is -0.142. The number of rotatable bonds is 14. The number of phenolic OH excluding ortho intramolecular Hbond substituents is 2. The third kappa shape index (κ3) is 9.61. The summed E-state index contributed by atoms with van der Waals surface area (Å²) >= 11 is 0. The van der Waals surface area contributed by atoms with E-state index < -0.39 is 54.5 Å². The number of carbonyl (C=O) groups excluding carboxylic acids is 3. The third-order valence-electron chi connectivity index (χ3n) is 6.45. The standard InChI is InChI=1S/C30H34N4O8/c31-23(14-19-6-10-21(36)11-7-19)27(38)32-24(15-20-8-12-22(37)13-9-20)28(39)34-26(17-35)29(40)33-25(30(41)42)16-18-4-2-1-3-5-18/h1-13,23-26,35-37H,14-17,31H2,(H,32,38)(H,33,40)(H,34,39)(H,41,42). The first-order valence-corrected chi connectivity index (χ1v) is 13.2. The molecule has 3 aromatic rings. The van der Waals surface area contributed by atoms with Gasteiger partial charge in [0.05, 0.1) is 12.6 Å². The SMILES string of the molecule is NC(Cc1ccc(O)cc1)C(=O)NC(Cc1ccc(O)cc1)C(=O)NC(CO)C(=O)NC(Cc1ccccc1)C(=O)O. The Hall–Kier alpha value is -4.94. The molecule has 0 bridgehead atoms. The second kappa shape index (κ2) is 15.2. The van der Waals surface area contributed by atoms with Gasteiger partial charge in [0.1, 0.15) is 29.6 Å². The van der Waals surface area contributed by atoms with Crippen LogP contribution in [0.1, 0.15) is 16.7 Å². The molecule has 4 unspecified atom stereocenters. The summed E-state index contributed by atoms with van der Waals surface area (Å²) in [7, 11) is 0. The van der Waals surface area contributed by atoms with E-state index in [-0.39, 0.29) is 30.8 Å². The lowest BCUT2D eigenvalue weighted by Crippen LogP contribution is -2.58. The number of phenols is 2. The average molecular weight is 579 g/mol. The van der Waals surface area contributed by atoms with Gasteiger partial charge in [-0.3, -0.25) is 14.4 Å². The Morgan fingerprint density at radius 2 is 1.02 bits per heavy atom. The number of nitrogens with one attached hydrogen (secondary N) is 3. The molecule has 0 aliphatic carbocycles. The van der Waals surface area contributed by atoms with Crippen LogP contribution < -0.4 is 21.7 Å². The third-order valence-corrected chi connectivity index (χ3v) is 6.45. The minimum absolute atomic E-state index is 0.000195. The van der Waals surface area contributed by atoms with Crippen LogP contribution in [0.4, 0.5) is 0 Å². The number of aliphatic hydroxyl groups excluding tert-OH is 1. The molecule has 12 nitrogen and oxygen atoms in total. The van der Waals surface area contributed by atoms with Gasteiger partial charge in [0.15, 0.2) is 0 Å². The summed E-state index contributed by atoms with van der Waals surface area (Å²) in [6.45, 7) is -0.838. The van der Waals surface area contributed by atoms with E-state index in [1.54, 1.807) is 54.6 Å². The van der Waals surface area contributed by atoms with Gasteiger partial charge in [-0.25, -0.2) is 4.79 Å². The Morgan fingerprint density at radius 1 is 0.595 bits per heavy atom. The molecule has 0 spiro atoms. The maximum Gasteiger partial charge on any atom is 0.326 e. The lowest BCUT2D eigenvalue weighted by Gasteiger charge is -2.24. The molecule has 3 amide bonds. The number of aromatic hydroxyl groups is 2. The van der Waals surface area contributed by atoms with Crippen molar-refractivity contribution < 1.29 is 39.6 Å². The molecule has 0 fully saturated rings. The molecule has 12 heteroatoms. The van der Waals surface area contributed by atoms with Crippen LogP contribution in [0.2, 0.25) is 0 Å². The first kappa shape index (κ1) is 31.6. The van der Waals surface area contributed by atoms with Crippen molar-refractivity contribution >= 4 is 23.7 Å². The zero-order valence-corrected chi connectivity index (χ0v) is 22.6. The number of aliphatic hydroxyl groups is 1. The van der Waals surface area contributed by atoms with Crippen LogP contribution in [0.15, 0.2) is 78.9 Å². The van der Waals surface area contributed by atoms with Crippen LogP contribution in [0.3, 0.4) is 0 Å². The monoisotopic (exact) mass is 578 g/mol. The van der Waals surface area contributed by atoms with Crippen molar-refractivity contribution in [2.75, 3.05) is 6.61 Å². The zero-order chi connectivity index (χ0) is 30.6. The fourth-order valence-corrected chi connectivity index (χ4v) is 4.12. The van der Waals surface area contributed by atoms with Gasteiger partial charge in [0, 0.05) is 12.8 Å². The predicted octanol–water partition coefficient (Wildman–Crippen LogP) is -0.0157. The maximum absolute atomic E-state index is 13.3. The highest BCUT2D eigenvalue weighted by molar-refractivity contribution is 5.94. The summed E-state index contributed by atoms with van der Waals surface area (Å²) in [4.78, 5) is 50.9. The van der Waals surface area contributed by atoms with Gasteiger partial charge < -0.3 is 42.1 Å². The van der Waals surface area contributed by atoms with Crippen molar-refractivity contribution in [1.82, 2.24) is 16.0 Å². The van der Waals surface area contributed by atoms with Gasteiger partial charge in [0.25, 0.3) is 0 Å². The number of aliphatic carboxylic acids is 1. The predicted molar refractivity (Wildman–Crippen MR) is 152 cm³/mol. The van der Waals surface area contributed by atoms with Crippen molar-refractivity contribution in [2.24, 2.45) is 5.73 Å². The van der Waals surface area contributed by atoms with E-state index in [9.17, 15) is 39.6 Å². The molecule has 0 heterocycles. The van der Waals surface area contributed by atoms with Gasteiger partial charge >= 0.3 is 5.97 Å². The molecule has 0 aromatic heterocycles. The minimum atomic E-state index is -1.51. The topological polar surface area (TPSA) is 211 Å². The smallest absolute Gasteiger partial charge is 0.326 e. The molecule has 0 aliphatic rings. The molecule has 0 radical (unpaired) electrons. The highest BCUT2D eigenvalue weighted by atomic mass is 16.4. The number of hydrogen-bond donors (Lipinski definition) is 8. The number of amides is 3. The van der Waals surface area contributed by atoms with E-state index in [1.165, 1.54) is 24.3 Å². The summed E-state index contributed by atoms with van der Waals surface area (Å²) in [6, 6.07) is 15.5. The number of hydrogen-bond acceptors (Lipinski definition) is 8. The fraction of sp³-hybridized carbons (Fsp3) is 0.267. The molecule has 0 aliphatic heterocycles. The fourth-order valence-electron chi connectivity index (χ4n) is 4.12. The molecule has 9 N–H and O–H groups in total. The molecule has 0 saturated carbocycles. The molecular formula is C30H34N4O8. The van der Waals surface area contributed by atoms with Gasteiger partial charge in [0.2, 0.25) is 17.7 Å². The Kier molecular flexibility index (Phi) is 11.4. The van der Waals surface area contributed by atoms with Crippen LogP contribution >= 0.6 is 0 Å². The molecular weight excluding hydrogens is 544 g/mol. The van der Waals surface area contributed by atoms with Gasteiger partial charge in [-0.1, -0.05) is 54.6 Å². The average Bonchev–Trinajstić information content (AvgIpc) is 2.97. The molecule has 4 atom stereocenters. The quantitative estimate of drug-likeness (QED) is 0.129. The van der Waals surface area contributed by atoms with Crippen LogP contribution in [0.25, 0.3) is 0 Å². The Balaban J connectivity index is 1.71. The van der Waals surface area contributed by atoms with Crippen molar-refractivity contribution in [2.45, 2.75) is 43.4 Å². The van der Waals surface area contributed by atoms with Crippen LogP contribution in [0.5, 0.6) is 11.5 Å². The van der Waals surface area contributed by atoms with Crippen LogP contribution in [0, 0.1) is 0 Å². The second-order valence-corrected chi connectivity index (χ2v) is 9.74. The van der Waals surface area contributed by atoms with Gasteiger partial charge in [-0.15, -0.1) is 0 Å². The van der Waals surface area contributed by atoms with Crippen molar-refractivity contribution in [3.05, 3.63) is 95.6 Å². The van der Waals surface area contributed by atoms with Crippen molar-refractivity contribution in [1.29, 1.82) is 0 Å². The normalized spacial score (nSPS) is 13.7. The van der Waals surface area contributed by atoms with Crippen molar-refractivity contribution in [3.63, 3.8) is 0 Å². The summed E-state index contributed by atoms with van der Waals surface area (Å²) in [6.07, 6.45) is 0.0428. The molecule has 42 heavy (non-hydrogen) atoms. The van der Waals surface area contributed by atoms with Gasteiger partial charge in [-0.05, 0) is 47.4 Å². The maximum atomic E-state index is 13.3. The first-order valence-electron chi connectivity index (χ1n) is 13.2. The molecule has 3 rings (SSSR count). The molecule has 3 aromatic carbocycles. The lowest BCUT2D eigenvalue weighted by atomic mass is 10.0. The zero-order valence-electron chi connectivity index (χ0n) is 22.6.